The maximum absolute atomic E-state index is 13.5. The molecule has 5 rings (SSSR count). The molecular weight excluding hydrogens is 587 g/mol. The van der Waals surface area contributed by atoms with Gasteiger partial charge in [-0.1, -0.05) is 13.8 Å². The van der Waals surface area contributed by atoms with Crippen molar-refractivity contribution in [2.24, 2.45) is 17.9 Å². The molecule has 3 aromatic heterocycles. The molecule has 2 aliphatic rings. The topological polar surface area (TPSA) is 124 Å². The van der Waals surface area contributed by atoms with Gasteiger partial charge in [-0.25, -0.2) is 22.8 Å². The monoisotopic (exact) mass is 623 g/mol. The fourth-order valence-corrected chi connectivity index (χ4v) is 7.00. The summed E-state index contributed by atoms with van der Waals surface area (Å²) in [7, 11) is -2.62. The molecule has 11 nitrogen and oxygen atoms in total. The minimum absolute atomic E-state index is 0.0599. The number of nitrogens with zero attached hydrogens (tertiary/aromatic N) is 6. The minimum atomic E-state index is -4.30. The number of halogens is 3. The zero-order valence-electron chi connectivity index (χ0n) is 25.0. The molecule has 43 heavy (non-hydrogen) atoms. The van der Waals surface area contributed by atoms with Crippen LogP contribution in [0, 0.1) is 17.8 Å². The molecule has 0 unspecified atom stereocenters. The van der Waals surface area contributed by atoms with E-state index >= 15 is 0 Å². The Morgan fingerprint density at radius 2 is 1.84 bits per heavy atom. The van der Waals surface area contributed by atoms with Crippen LogP contribution in [0.25, 0.3) is 5.82 Å². The van der Waals surface area contributed by atoms with E-state index in [9.17, 15) is 26.4 Å². The lowest BCUT2D eigenvalue weighted by Gasteiger charge is -2.34. The first-order valence-corrected chi connectivity index (χ1v) is 15.4. The normalized spacial score (nSPS) is 19.0. The third-order valence-corrected chi connectivity index (χ3v) is 9.69. The highest BCUT2D eigenvalue weighted by Gasteiger charge is 2.63. The molecule has 0 atom stereocenters. The number of carbonyl (C=O) groups is 1. The average molecular weight is 624 g/mol. The van der Waals surface area contributed by atoms with Gasteiger partial charge < -0.3 is 9.64 Å². The van der Waals surface area contributed by atoms with E-state index in [4.69, 9.17) is 9.72 Å². The van der Waals surface area contributed by atoms with Gasteiger partial charge in [0.1, 0.15) is 10.7 Å². The number of anilines is 1. The number of alkyl halides is 3. The number of rotatable bonds is 9. The second-order valence-electron chi connectivity index (χ2n) is 13.0. The van der Waals surface area contributed by atoms with Gasteiger partial charge in [-0.2, -0.15) is 23.4 Å². The highest BCUT2D eigenvalue weighted by Crippen LogP contribution is 2.57. The number of pyridine rings is 1. The standard InChI is InChI=1S/C28H36F3N7O4S/c1-18-21(13-32-36(18)6)43(40,41)35-24(39)20-7-8-22(33-23(20)37-16-25(2,3)15-26(37,4)5)38-12-9-19(34-38)14-42-17-27(10-11-27)28(29,30)31/h7-9,12-13H,10-11,14-17H2,1-6H3,(H,35,39). The number of aromatic nitrogens is 5. The highest BCUT2D eigenvalue weighted by atomic mass is 32.2. The van der Waals surface area contributed by atoms with Gasteiger partial charge in [-0.15, -0.1) is 0 Å². The summed E-state index contributed by atoms with van der Waals surface area (Å²) in [6, 6.07) is 4.66. The molecule has 1 saturated carbocycles. The lowest BCUT2D eigenvalue weighted by atomic mass is 9.86. The van der Waals surface area contributed by atoms with Crippen molar-refractivity contribution in [3.8, 4) is 5.82 Å². The first-order chi connectivity index (χ1) is 19.8. The van der Waals surface area contributed by atoms with Crippen LogP contribution in [-0.4, -0.2) is 63.7 Å². The Balaban J connectivity index is 1.43. The fourth-order valence-electron chi connectivity index (χ4n) is 5.83. The van der Waals surface area contributed by atoms with Crippen molar-refractivity contribution < 1.29 is 31.1 Å². The molecule has 0 radical (unpaired) electrons. The Kier molecular flexibility index (Phi) is 7.44. The lowest BCUT2D eigenvalue weighted by Crippen LogP contribution is -2.41. The number of hydrogen-bond acceptors (Lipinski definition) is 8. The Morgan fingerprint density at radius 1 is 1.14 bits per heavy atom. The van der Waals surface area contributed by atoms with E-state index in [1.165, 1.54) is 27.7 Å². The maximum atomic E-state index is 13.5. The number of amides is 1. The van der Waals surface area contributed by atoms with E-state index in [0.717, 1.165) is 6.42 Å². The van der Waals surface area contributed by atoms with E-state index in [-0.39, 0.29) is 41.1 Å². The number of ether oxygens (including phenoxy) is 1. The quantitative estimate of drug-likeness (QED) is 0.374. The van der Waals surface area contributed by atoms with Crippen LogP contribution in [0.1, 0.15) is 68.7 Å². The zero-order valence-corrected chi connectivity index (χ0v) is 25.8. The summed E-state index contributed by atoms with van der Waals surface area (Å²) in [5.41, 5.74) is -1.42. The van der Waals surface area contributed by atoms with Crippen molar-refractivity contribution in [3.63, 3.8) is 0 Å². The Labute approximate surface area is 248 Å². The first kappa shape index (κ1) is 31.0. The molecule has 1 aliphatic carbocycles. The Morgan fingerprint density at radius 3 is 2.40 bits per heavy atom. The molecule has 0 bridgehead atoms. The molecule has 4 heterocycles. The molecule has 234 valence electrons. The highest BCUT2D eigenvalue weighted by molar-refractivity contribution is 7.90. The summed E-state index contributed by atoms with van der Waals surface area (Å²) in [6.07, 6.45) is -0.589. The van der Waals surface area contributed by atoms with Crippen molar-refractivity contribution >= 4 is 21.7 Å². The fraction of sp³-hybridized carbons (Fsp3) is 0.571. The molecule has 0 aromatic carbocycles. The molecular formula is C28H36F3N7O4S. The molecule has 3 aromatic rings. The van der Waals surface area contributed by atoms with Crippen LogP contribution in [0.5, 0.6) is 0 Å². The average Bonchev–Trinajstić information content (AvgIpc) is 3.31. The van der Waals surface area contributed by atoms with Crippen molar-refractivity contribution in [2.45, 2.75) is 77.1 Å². The minimum Gasteiger partial charge on any atom is -0.374 e. The van der Waals surface area contributed by atoms with E-state index in [2.05, 4.69) is 28.8 Å². The van der Waals surface area contributed by atoms with Crippen LogP contribution < -0.4 is 9.62 Å². The third-order valence-electron chi connectivity index (χ3n) is 8.26. The zero-order chi connectivity index (χ0) is 31.6. The predicted molar refractivity (Wildman–Crippen MR) is 151 cm³/mol. The van der Waals surface area contributed by atoms with Gasteiger partial charge in [0.05, 0.1) is 41.8 Å². The molecule has 1 N–H and O–H groups in total. The van der Waals surface area contributed by atoms with Crippen molar-refractivity contribution in [1.82, 2.24) is 29.3 Å². The number of sulfonamides is 1. The van der Waals surface area contributed by atoms with Crippen LogP contribution in [0.4, 0.5) is 19.0 Å². The third kappa shape index (κ3) is 6.01. The van der Waals surface area contributed by atoms with Crippen LogP contribution in [0.3, 0.4) is 0 Å². The lowest BCUT2D eigenvalue weighted by molar-refractivity contribution is -0.202. The summed E-state index contributed by atoms with van der Waals surface area (Å²) in [4.78, 5) is 20.2. The van der Waals surface area contributed by atoms with Gasteiger partial charge in [0.2, 0.25) is 0 Å². The van der Waals surface area contributed by atoms with Gasteiger partial charge in [0, 0.05) is 25.3 Å². The number of hydrogen-bond donors (Lipinski definition) is 1. The van der Waals surface area contributed by atoms with Crippen molar-refractivity contribution in [3.05, 3.63) is 47.5 Å². The van der Waals surface area contributed by atoms with Gasteiger partial charge in [-0.05, 0) is 63.6 Å². The summed E-state index contributed by atoms with van der Waals surface area (Å²) >= 11 is 0. The molecule has 15 heteroatoms. The SMILES string of the molecule is Cc1c(S(=O)(=O)NC(=O)c2ccc(-n3ccc(COCC4(C(F)(F)F)CC4)n3)nc2N2CC(C)(C)CC2(C)C)cnn1C. The first-order valence-electron chi connectivity index (χ1n) is 13.9. The Bertz CT molecular complexity index is 1660. The number of nitrogens with one attached hydrogen (secondary N) is 1. The molecule has 1 saturated heterocycles. The summed E-state index contributed by atoms with van der Waals surface area (Å²) < 4.78 is 76.3. The van der Waals surface area contributed by atoms with Crippen molar-refractivity contribution in [1.29, 1.82) is 0 Å². The van der Waals surface area contributed by atoms with Crippen LogP contribution in [-0.2, 0) is 28.4 Å². The smallest absolute Gasteiger partial charge is 0.374 e. The predicted octanol–water partition coefficient (Wildman–Crippen LogP) is 4.30. The van der Waals surface area contributed by atoms with E-state index in [1.54, 1.807) is 26.2 Å². The Hall–Kier alpha value is -3.46. The number of aryl methyl sites for hydroxylation is 1. The van der Waals surface area contributed by atoms with Crippen molar-refractivity contribution in [2.75, 3.05) is 18.1 Å². The molecule has 1 aliphatic heterocycles. The summed E-state index contributed by atoms with van der Waals surface area (Å²) in [5, 5.41) is 8.39. The van der Waals surface area contributed by atoms with Gasteiger partial charge in [0.15, 0.2) is 5.82 Å². The van der Waals surface area contributed by atoms with E-state index in [0.29, 0.717) is 23.8 Å². The van der Waals surface area contributed by atoms with Gasteiger partial charge in [-0.3, -0.25) is 9.48 Å². The van der Waals surface area contributed by atoms with Crippen LogP contribution in [0.15, 0.2) is 35.5 Å². The maximum Gasteiger partial charge on any atom is 0.396 e. The molecule has 0 spiro atoms. The van der Waals surface area contributed by atoms with Gasteiger partial charge in [0.25, 0.3) is 15.9 Å². The number of carbonyl (C=O) groups excluding carboxylic acids is 1. The molecule has 2 fully saturated rings. The van der Waals surface area contributed by atoms with E-state index < -0.39 is 39.7 Å². The second kappa shape index (κ2) is 10.3. The summed E-state index contributed by atoms with van der Waals surface area (Å²) in [5.74, 6) is -0.206. The second-order valence-corrected chi connectivity index (χ2v) is 14.6. The largest absolute Gasteiger partial charge is 0.396 e. The van der Waals surface area contributed by atoms with Crippen LogP contribution in [0.2, 0.25) is 0 Å². The summed E-state index contributed by atoms with van der Waals surface area (Å²) in [6.45, 7) is 9.91. The van der Waals surface area contributed by atoms with Gasteiger partial charge >= 0.3 is 6.18 Å². The van der Waals surface area contributed by atoms with Crippen LogP contribution >= 0.6 is 0 Å². The molecule has 1 amide bonds. The van der Waals surface area contributed by atoms with E-state index in [1.807, 2.05) is 18.7 Å².